The Morgan fingerprint density at radius 3 is 2.72 bits per heavy atom. The molecule has 0 aliphatic rings. The van der Waals surface area contributed by atoms with Crippen molar-refractivity contribution in [2.24, 2.45) is 0 Å². The number of nitrogens with one attached hydrogen (secondary N) is 1. The van der Waals surface area contributed by atoms with Crippen LogP contribution in [0.5, 0.6) is 0 Å². The molecule has 0 aromatic heterocycles. The standard InChI is InChI=1S/C14H17BrN2O/c1-14(2,17-13(18)8-10-16)9-7-11-5-3-4-6-12(11)15/h3-6H,7-9H2,1-2H3,(H,17,18). The number of hydrogen-bond donors (Lipinski definition) is 1. The lowest BCUT2D eigenvalue weighted by molar-refractivity contribution is -0.121. The Bertz CT molecular complexity index is 463. The molecule has 1 N–H and O–H groups in total. The van der Waals surface area contributed by atoms with Crippen LogP contribution < -0.4 is 5.32 Å². The summed E-state index contributed by atoms with van der Waals surface area (Å²) in [7, 11) is 0. The molecule has 1 rings (SSSR count). The highest BCUT2D eigenvalue weighted by Gasteiger charge is 2.20. The van der Waals surface area contributed by atoms with E-state index in [0.717, 1.165) is 17.3 Å². The molecule has 0 heterocycles. The summed E-state index contributed by atoms with van der Waals surface area (Å²) in [6.45, 7) is 3.94. The van der Waals surface area contributed by atoms with Crippen LogP contribution in [0.2, 0.25) is 0 Å². The van der Waals surface area contributed by atoms with Crippen LogP contribution in [0.3, 0.4) is 0 Å². The zero-order valence-electron chi connectivity index (χ0n) is 10.7. The van der Waals surface area contributed by atoms with Crippen molar-refractivity contribution in [1.82, 2.24) is 5.32 Å². The number of carbonyl (C=O) groups excluding carboxylic acids is 1. The van der Waals surface area contributed by atoms with Crippen molar-refractivity contribution in [3.8, 4) is 6.07 Å². The van der Waals surface area contributed by atoms with Crippen LogP contribution >= 0.6 is 15.9 Å². The Morgan fingerprint density at radius 1 is 1.44 bits per heavy atom. The number of benzene rings is 1. The van der Waals surface area contributed by atoms with Gasteiger partial charge in [0.05, 0.1) is 6.07 Å². The Balaban J connectivity index is 2.54. The second-order valence-corrected chi connectivity index (χ2v) is 5.71. The first-order valence-electron chi connectivity index (χ1n) is 5.86. The van der Waals surface area contributed by atoms with E-state index in [1.54, 1.807) is 0 Å². The second kappa shape index (κ2) is 6.55. The summed E-state index contributed by atoms with van der Waals surface area (Å²) in [5.41, 5.74) is 0.920. The lowest BCUT2D eigenvalue weighted by Gasteiger charge is -2.26. The minimum atomic E-state index is -0.302. The fourth-order valence-electron chi connectivity index (χ4n) is 1.70. The van der Waals surface area contributed by atoms with Gasteiger partial charge in [-0.3, -0.25) is 4.79 Å². The molecular weight excluding hydrogens is 292 g/mol. The third kappa shape index (κ3) is 4.89. The van der Waals surface area contributed by atoms with Crippen LogP contribution in [0.15, 0.2) is 28.7 Å². The van der Waals surface area contributed by atoms with Crippen molar-refractivity contribution in [2.75, 3.05) is 0 Å². The van der Waals surface area contributed by atoms with E-state index in [4.69, 9.17) is 5.26 Å². The Hall–Kier alpha value is -1.34. The van der Waals surface area contributed by atoms with Gasteiger partial charge in [-0.25, -0.2) is 0 Å². The number of carbonyl (C=O) groups is 1. The predicted octanol–water partition coefficient (Wildman–Crippen LogP) is 3.19. The highest BCUT2D eigenvalue weighted by atomic mass is 79.9. The van der Waals surface area contributed by atoms with Crippen molar-refractivity contribution < 1.29 is 4.79 Å². The molecule has 0 unspecified atom stereocenters. The Morgan fingerprint density at radius 2 is 2.11 bits per heavy atom. The molecule has 0 aliphatic carbocycles. The molecule has 4 heteroatoms. The van der Waals surface area contributed by atoms with E-state index in [9.17, 15) is 4.79 Å². The molecule has 0 saturated heterocycles. The normalized spacial score (nSPS) is 10.8. The van der Waals surface area contributed by atoms with Crippen LogP contribution in [0.1, 0.15) is 32.3 Å². The van der Waals surface area contributed by atoms with E-state index in [2.05, 4.69) is 27.3 Å². The topological polar surface area (TPSA) is 52.9 Å². The first kappa shape index (κ1) is 14.7. The summed E-state index contributed by atoms with van der Waals surface area (Å²) in [6.07, 6.45) is 1.62. The van der Waals surface area contributed by atoms with Crippen molar-refractivity contribution >= 4 is 21.8 Å². The molecule has 1 aromatic rings. The average Bonchev–Trinajstić information content (AvgIpc) is 2.27. The lowest BCUT2D eigenvalue weighted by Crippen LogP contribution is -2.43. The van der Waals surface area contributed by atoms with Gasteiger partial charge in [0.25, 0.3) is 0 Å². The molecule has 1 aromatic carbocycles. The molecule has 96 valence electrons. The van der Waals surface area contributed by atoms with Crippen molar-refractivity contribution in [3.05, 3.63) is 34.3 Å². The van der Waals surface area contributed by atoms with Crippen LogP contribution in [0.4, 0.5) is 0 Å². The van der Waals surface area contributed by atoms with Crippen molar-refractivity contribution in [3.63, 3.8) is 0 Å². The monoisotopic (exact) mass is 308 g/mol. The van der Waals surface area contributed by atoms with E-state index < -0.39 is 0 Å². The summed E-state index contributed by atoms with van der Waals surface area (Å²) in [4.78, 5) is 11.4. The summed E-state index contributed by atoms with van der Waals surface area (Å²) in [6, 6.07) is 9.91. The van der Waals surface area contributed by atoms with E-state index in [-0.39, 0.29) is 17.9 Å². The molecule has 0 saturated carbocycles. The summed E-state index contributed by atoms with van der Waals surface area (Å²) in [5.74, 6) is -0.213. The molecule has 0 radical (unpaired) electrons. The van der Waals surface area contributed by atoms with Gasteiger partial charge >= 0.3 is 0 Å². The van der Waals surface area contributed by atoms with Gasteiger partial charge in [-0.15, -0.1) is 0 Å². The lowest BCUT2D eigenvalue weighted by atomic mass is 9.95. The van der Waals surface area contributed by atoms with Crippen LogP contribution in [-0.4, -0.2) is 11.4 Å². The molecule has 0 aliphatic heterocycles. The van der Waals surface area contributed by atoms with E-state index in [0.29, 0.717) is 0 Å². The maximum Gasteiger partial charge on any atom is 0.234 e. The molecule has 0 bridgehead atoms. The smallest absolute Gasteiger partial charge is 0.234 e. The number of nitrogens with zero attached hydrogens (tertiary/aromatic N) is 1. The number of amides is 1. The van der Waals surface area contributed by atoms with Crippen molar-refractivity contribution in [2.45, 2.75) is 38.6 Å². The number of aryl methyl sites for hydroxylation is 1. The number of nitriles is 1. The maximum absolute atomic E-state index is 11.4. The van der Waals surface area contributed by atoms with Gasteiger partial charge in [0.15, 0.2) is 0 Å². The van der Waals surface area contributed by atoms with Crippen LogP contribution in [-0.2, 0) is 11.2 Å². The largest absolute Gasteiger partial charge is 0.350 e. The minimum Gasteiger partial charge on any atom is -0.350 e. The molecule has 0 atom stereocenters. The van der Waals surface area contributed by atoms with Crippen LogP contribution in [0.25, 0.3) is 0 Å². The number of halogens is 1. The van der Waals surface area contributed by atoms with Gasteiger partial charge in [0.2, 0.25) is 5.91 Å². The van der Waals surface area contributed by atoms with E-state index in [1.165, 1.54) is 5.56 Å². The fraction of sp³-hybridized carbons (Fsp3) is 0.429. The zero-order chi connectivity index (χ0) is 13.6. The van der Waals surface area contributed by atoms with Gasteiger partial charge in [0, 0.05) is 10.0 Å². The van der Waals surface area contributed by atoms with Crippen LogP contribution in [0, 0.1) is 11.3 Å². The first-order valence-corrected chi connectivity index (χ1v) is 6.65. The second-order valence-electron chi connectivity index (χ2n) is 4.86. The molecular formula is C14H17BrN2O. The quantitative estimate of drug-likeness (QED) is 0.908. The van der Waals surface area contributed by atoms with Gasteiger partial charge < -0.3 is 5.32 Å². The van der Waals surface area contributed by atoms with E-state index in [1.807, 2.05) is 38.1 Å². The summed E-state index contributed by atoms with van der Waals surface area (Å²) in [5, 5.41) is 11.3. The minimum absolute atomic E-state index is 0.0849. The van der Waals surface area contributed by atoms with Gasteiger partial charge in [0.1, 0.15) is 6.42 Å². The summed E-state index contributed by atoms with van der Waals surface area (Å²) >= 11 is 3.51. The zero-order valence-corrected chi connectivity index (χ0v) is 12.3. The third-order valence-corrected chi connectivity index (χ3v) is 3.47. The highest BCUT2D eigenvalue weighted by molar-refractivity contribution is 9.10. The fourth-order valence-corrected chi connectivity index (χ4v) is 2.19. The Kier molecular flexibility index (Phi) is 5.36. The summed E-state index contributed by atoms with van der Waals surface area (Å²) < 4.78 is 1.09. The molecule has 18 heavy (non-hydrogen) atoms. The van der Waals surface area contributed by atoms with Gasteiger partial charge in [-0.1, -0.05) is 34.1 Å². The Labute approximate surface area is 116 Å². The third-order valence-electron chi connectivity index (χ3n) is 2.69. The van der Waals surface area contributed by atoms with Gasteiger partial charge in [-0.05, 0) is 38.3 Å². The molecule has 0 spiro atoms. The first-order chi connectivity index (χ1) is 8.44. The molecule has 3 nitrogen and oxygen atoms in total. The number of rotatable bonds is 5. The molecule has 0 fully saturated rings. The SMILES string of the molecule is CC(C)(CCc1ccccc1Br)NC(=O)CC#N. The van der Waals surface area contributed by atoms with E-state index >= 15 is 0 Å². The van der Waals surface area contributed by atoms with Crippen molar-refractivity contribution in [1.29, 1.82) is 5.26 Å². The molecule has 1 amide bonds. The average molecular weight is 309 g/mol. The van der Waals surface area contributed by atoms with Gasteiger partial charge in [-0.2, -0.15) is 5.26 Å². The number of hydrogen-bond acceptors (Lipinski definition) is 2. The maximum atomic E-state index is 11.4. The predicted molar refractivity (Wildman–Crippen MR) is 74.9 cm³/mol. The highest BCUT2D eigenvalue weighted by Crippen LogP contribution is 2.20.